The maximum absolute atomic E-state index is 2.77. The Morgan fingerprint density at radius 2 is 1.14 bits per heavy atom. The van der Waals surface area contributed by atoms with Crippen LogP contribution in [-0.4, -0.2) is 0 Å². The molecule has 246 valence electrons. The van der Waals surface area contributed by atoms with Gasteiger partial charge in [-0.05, 0) is 98.2 Å². The Bertz CT molecular complexity index is 732. The molecule has 4 rings (SSSR count). The zero-order valence-corrected chi connectivity index (χ0v) is 30.1. The molecule has 0 spiro atoms. The van der Waals surface area contributed by atoms with Crippen LogP contribution in [0.5, 0.6) is 0 Å². The van der Waals surface area contributed by atoms with Gasteiger partial charge in [0.15, 0.2) is 0 Å². The molecule has 0 amide bonds. The molecule has 3 saturated carbocycles. The zero-order valence-electron chi connectivity index (χ0n) is 30.1. The quantitative estimate of drug-likeness (QED) is 0.105. The van der Waals surface area contributed by atoms with E-state index in [4.69, 9.17) is 0 Å². The highest BCUT2D eigenvalue weighted by atomic mass is 14.6. The first-order valence-electron chi connectivity index (χ1n) is 20.2. The van der Waals surface area contributed by atoms with E-state index >= 15 is 0 Å². The molecule has 3 fully saturated rings. The Balaban J connectivity index is 0.00000237. The lowest BCUT2D eigenvalue weighted by molar-refractivity contribution is -0.0450. The lowest BCUT2D eigenvalue weighted by Crippen LogP contribution is -2.49. The molecule has 0 bridgehead atoms. The van der Waals surface area contributed by atoms with Gasteiger partial charge in [-0.25, -0.2) is 0 Å². The molecule has 4 aliphatic rings. The van der Waals surface area contributed by atoms with Crippen molar-refractivity contribution in [3.8, 4) is 0 Å². The van der Waals surface area contributed by atoms with Crippen molar-refractivity contribution in [2.24, 2.45) is 40.4 Å². The van der Waals surface area contributed by atoms with Gasteiger partial charge >= 0.3 is 0 Å². The van der Waals surface area contributed by atoms with Gasteiger partial charge in [0.25, 0.3) is 0 Å². The third-order valence-corrected chi connectivity index (χ3v) is 13.5. The van der Waals surface area contributed by atoms with Crippen LogP contribution in [0.3, 0.4) is 0 Å². The fourth-order valence-corrected chi connectivity index (χ4v) is 10.7. The number of fused-ring (bicyclic) bond motifs is 5. The topological polar surface area (TPSA) is 0 Å². The van der Waals surface area contributed by atoms with Crippen LogP contribution < -0.4 is 0 Å². The maximum atomic E-state index is 2.77. The molecule has 0 aliphatic heterocycles. The van der Waals surface area contributed by atoms with Crippen LogP contribution in [-0.2, 0) is 0 Å². The summed E-state index contributed by atoms with van der Waals surface area (Å²) in [5.41, 5.74) is 3.10. The van der Waals surface area contributed by atoms with Crippen molar-refractivity contribution in [1.82, 2.24) is 0 Å². The van der Waals surface area contributed by atoms with E-state index in [0.717, 1.165) is 29.6 Å². The lowest BCUT2D eigenvalue weighted by atomic mass is 9.47. The van der Waals surface area contributed by atoms with Crippen molar-refractivity contribution in [2.45, 2.75) is 215 Å². The van der Waals surface area contributed by atoms with E-state index in [-0.39, 0.29) is 0 Å². The molecular weight excluding hydrogens is 504 g/mol. The largest absolute Gasteiger partial charge is 0.0845 e. The number of rotatable bonds is 19. The molecule has 0 saturated heterocycles. The first-order chi connectivity index (χ1) is 20.5. The van der Waals surface area contributed by atoms with Crippen LogP contribution in [0.4, 0.5) is 0 Å². The molecule has 0 aromatic heterocycles. The third kappa shape index (κ3) is 9.87. The highest BCUT2D eigenvalue weighted by Crippen LogP contribution is 2.67. The lowest BCUT2D eigenvalue weighted by Gasteiger charge is -2.58. The summed E-state index contributed by atoms with van der Waals surface area (Å²) in [5.74, 6) is 4.99. The van der Waals surface area contributed by atoms with Crippen molar-refractivity contribution in [1.29, 1.82) is 0 Å². The van der Waals surface area contributed by atoms with E-state index in [1.54, 1.807) is 25.7 Å². The van der Waals surface area contributed by atoms with E-state index in [0.29, 0.717) is 10.8 Å². The number of unbranched alkanes of at least 4 members (excludes halogenated alkanes) is 17. The van der Waals surface area contributed by atoms with E-state index in [1.807, 2.05) is 19.4 Å². The second kappa shape index (κ2) is 19.3. The Morgan fingerprint density at radius 1 is 0.619 bits per heavy atom. The molecule has 7 atom stereocenters. The van der Waals surface area contributed by atoms with Crippen molar-refractivity contribution in [3.63, 3.8) is 0 Å². The van der Waals surface area contributed by atoms with Gasteiger partial charge in [-0.15, -0.1) is 0 Å². The summed E-state index contributed by atoms with van der Waals surface area (Å²) < 4.78 is 0. The molecular formula is C42H78. The summed E-state index contributed by atoms with van der Waals surface area (Å²) >= 11 is 0. The summed E-state index contributed by atoms with van der Waals surface area (Å²) in [5, 5.41) is 0. The average molecular weight is 583 g/mol. The summed E-state index contributed by atoms with van der Waals surface area (Å²) in [7, 11) is 0. The van der Waals surface area contributed by atoms with E-state index < -0.39 is 0 Å². The van der Waals surface area contributed by atoms with Crippen LogP contribution in [0.15, 0.2) is 11.6 Å². The molecule has 0 radical (unpaired) electrons. The van der Waals surface area contributed by atoms with Crippen molar-refractivity contribution in [2.75, 3.05) is 0 Å². The number of allylic oxidation sites excluding steroid dienone is 2. The van der Waals surface area contributed by atoms with Gasteiger partial charge in [-0.3, -0.25) is 0 Å². The fraction of sp³-hybridized carbons (Fsp3) is 0.952. The van der Waals surface area contributed by atoms with Crippen molar-refractivity contribution < 1.29 is 0 Å². The first kappa shape index (κ1) is 36.2. The van der Waals surface area contributed by atoms with Crippen molar-refractivity contribution >= 4 is 0 Å². The summed E-state index contributed by atoms with van der Waals surface area (Å²) in [4.78, 5) is 0. The monoisotopic (exact) mass is 583 g/mol. The van der Waals surface area contributed by atoms with Gasteiger partial charge in [-0.1, -0.05) is 169 Å². The Kier molecular flexibility index (Phi) is 16.6. The molecule has 4 aliphatic carbocycles. The third-order valence-electron chi connectivity index (χ3n) is 13.5. The smallest absolute Gasteiger partial charge is 0.00851 e. The van der Waals surface area contributed by atoms with E-state index in [1.165, 1.54) is 148 Å². The summed E-state index contributed by atoms with van der Waals surface area (Å²) in [6, 6.07) is 0. The van der Waals surface area contributed by atoms with Crippen LogP contribution in [0.25, 0.3) is 0 Å². The molecule has 0 heterocycles. The minimum atomic E-state index is 0.558. The van der Waals surface area contributed by atoms with Crippen LogP contribution in [0, 0.1) is 40.4 Å². The standard InChI is InChI=1S/C40H72.C2H6/c1-5-6-7-8-9-10-11-12-13-14-15-16-17-18-19-20-21-22-23-34-25-27-37-36-26-24-35-32-33(2)28-30-40(35,4)38(36)29-31-39(34,37)3;1-2/h24,33-34,36-38H,5-23,25-32H2,1-4H3;1-2H3/t33?,34-,36?,37-,38-,39?,40?;/m0./s1. The van der Waals surface area contributed by atoms with Crippen LogP contribution in [0.1, 0.15) is 215 Å². The second-order valence-corrected chi connectivity index (χ2v) is 16.2. The summed E-state index contributed by atoms with van der Waals surface area (Å²) in [6.07, 6.45) is 43.0. The minimum absolute atomic E-state index is 0.558. The Morgan fingerprint density at radius 3 is 1.69 bits per heavy atom. The Labute approximate surface area is 266 Å². The molecule has 0 aromatic rings. The Hall–Kier alpha value is -0.260. The van der Waals surface area contributed by atoms with Gasteiger partial charge in [0.05, 0.1) is 0 Å². The molecule has 0 N–H and O–H groups in total. The zero-order chi connectivity index (χ0) is 30.3. The normalized spacial score (nSPS) is 33.7. The predicted octanol–water partition coefficient (Wildman–Crippen LogP) is 14.7. The molecule has 4 unspecified atom stereocenters. The van der Waals surface area contributed by atoms with Gasteiger partial charge in [0.1, 0.15) is 0 Å². The molecule has 0 aromatic carbocycles. The van der Waals surface area contributed by atoms with E-state index in [2.05, 4.69) is 33.8 Å². The highest BCUT2D eigenvalue weighted by Gasteiger charge is 2.58. The summed E-state index contributed by atoms with van der Waals surface area (Å²) in [6.45, 7) is 14.2. The maximum Gasteiger partial charge on any atom is -0.00851 e. The first-order valence-corrected chi connectivity index (χ1v) is 20.2. The SMILES string of the molecule is CC.CCCCCCCCCCCCCCCCCCCC[C@H]1CC[C@H]2C3CC=C4CC(C)CCC4(C)[C@H]3CCC12C. The van der Waals surface area contributed by atoms with Crippen molar-refractivity contribution in [3.05, 3.63) is 11.6 Å². The molecule has 42 heavy (non-hydrogen) atoms. The minimum Gasteiger partial charge on any atom is -0.0845 e. The van der Waals surface area contributed by atoms with Crippen LogP contribution >= 0.6 is 0 Å². The second-order valence-electron chi connectivity index (χ2n) is 16.2. The molecule has 0 heteroatoms. The van der Waals surface area contributed by atoms with E-state index in [9.17, 15) is 0 Å². The predicted molar refractivity (Wildman–Crippen MR) is 189 cm³/mol. The van der Waals surface area contributed by atoms with Gasteiger partial charge in [0, 0.05) is 0 Å². The highest BCUT2D eigenvalue weighted by molar-refractivity contribution is 5.25. The van der Waals surface area contributed by atoms with Gasteiger partial charge < -0.3 is 0 Å². The number of hydrogen-bond acceptors (Lipinski definition) is 0. The average Bonchev–Trinajstić information content (AvgIpc) is 3.34. The molecule has 0 nitrogen and oxygen atoms in total. The fourth-order valence-electron chi connectivity index (χ4n) is 10.7. The number of hydrogen-bond donors (Lipinski definition) is 0. The van der Waals surface area contributed by atoms with Gasteiger partial charge in [0.2, 0.25) is 0 Å². The van der Waals surface area contributed by atoms with Gasteiger partial charge in [-0.2, -0.15) is 0 Å². The van der Waals surface area contributed by atoms with Crippen LogP contribution in [0.2, 0.25) is 0 Å².